The molecule has 1 amide bonds. The number of aliphatic hydroxyl groups is 1. The number of anilines is 1. The van der Waals surface area contributed by atoms with Gasteiger partial charge in [-0.15, -0.1) is 0 Å². The third-order valence-corrected chi connectivity index (χ3v) is 5.87. The molecule has 4 rings (SSSR count). The lowest BCUT2D eigenvalue weighted by Crippen LogP contribution is -2.41. The van der Waals surface area contributed by atoms with E-state index in [1.807, 2.05) is 43.3 Å². The van der Waals surface area contributed by atoms with Crippen molar-refractivity contribution in [1.82, 2.24) is 0 Å². The van der Waals surface area contributed by atoms with Crippen LogP contribution in [0.15, 0.2) is 77.3 Å². The number of nitrogens with zero attached hydrogens (tertiary/aromatic N) is 1. The molecule has 31 heavy (non-hydrogen) atoms. The van der Waals surface area contributed by atoms with Gasteiger partial charge in [0.05, 0.1) is 25.3 Å². The second kappa shape index (κ2) is 8.65. The molecule has 0 aromatic heterocycles. The zero-order valence-electron chi connectivity index (χ0n) is 17.0. The number of rotatable bonds is 7. The van der Waals surface area contributed by atoms with E-state index in [0.717, 1.165) is 10.0 Å². The summed E-state index contributed by atoms with van der Waals surface area (Å²) < 4.78 is 6.14. The molecule has 0 saturated heterocycles. The van der Waals surface area contributed by atoms with Crippen LogP contribution in [-0.4, -0.2) is 23.4 Å². The summed E-state index contributed by atoms with van der Waals surface area (Å²) in [5, 5.41) is 11.5. The maximum atomic E-state index is 13.4. The van der Waals surface area contributed by atoms with E-state index in [-0.39, 0.29) is 12.2 Å². The topological polar surface area (TPSA) is 66.8 Å². The lowest BCUT2D eigenvalue weighted by Gasteiger charge is -2.23. The first kappa shape index (κ1) is 21.3. The Labute approximate surface area is 189 Å². The molecule has 3 aromatic carbocycles. The van der Waals surface area contributed by atoms with Crippen molar-refractivity contribution in [2.75, 3.05) is 11.5 Å². The predicted molar refractivity (Wildman–Crippen MR) is 122 cm³/mol. The highest BCUT2D eigenvalue weighted by Crippen LogP contribution is 2.44. The van der Waals surface area contributed by atoms with E-state index in [2.05, 4.69) is 15.9 Å². The van der Waals surface area contributed by atoms with Crippen molar-refractivity contribution in [2.24, 2.45) is 0 Å². The third kappa shape index (κ3) is 4.13. The zero-order valence-corrected chi connectivity index (χ0v) is 18.6. The smallest absolute Gasteiger partial charge is 0.264 e. The molecule has 0 saturated carbocycles. The van der Waals surface area contributed by atoms with Gasteiger partial charge in [0.25, 0.3) is 5.91 Å². The Morgan fingerprint density at radius 1 is 1.06 bits per heavy atom. The number of Topliss-reactive ketones (excluding diaryl/α,β-unsaturated/α-hetero) is 1. The fraction of sp³-hybridized carbons (Fsp3) is 0.200. The minimum absolute atomic E-state index is 0.313. The standard InChI is InChI=1S/C25H22BrNO4/c1-2-31-20-11-8-18(9-12-20)23(28)15-25(30)21-14-19(26)10-13-22(21)27(24(25)29)16-17-6-4-3-5-7-17/h3-14,30H,2,15-16H2,1H3/t25-/m1/s1. The average Bonchev–Trinajstić information content (AvgIpc) is 2.96. The second-order valence-electron chi connectivity index (χ2n) is 7.46. The van der Waals surface area contributed by atoms with Crippen LogP contribution in [0, 0.1) is 0 Å². The quantitative estimate of drug-likeness (QED) is 0.491. The number of hydrogen-bond acceptors (Lipinski definition) is 4. The Bertz CT molecular complexity index is 1110. The van der Waals surface area contributed by atoms with Crippen molar-refractivity contribution < 1.29 is 19.4 Å². The molecule has 0 spiro atoms. The highest BCUT2D eigenvalue weighted by molar-refractivity contribution is 9.10. The normalized spacial score (nSPS) is 17.5. The SMILES string of the molecule is CCOc1ccc(C(=O)C[C@]2(O)C(=O)N(Cc3ccccc3)c3ccc(Br)cc32)cc1. The molecule has 0 aliphatic carbocycles. The number of halogens is 1. The van der Waals surface area contributed by atoms with Crippen LogP contribution >= 0.6 is 15.9 Å². The summed E-state index contributed by atoms with van der Waals surface area (Å²) in [6, 6.07) is 21.6. The van der Waals surface area contributed by atoms with Crippen LogP contribution in [0.25, 0.3) is 0 Å². The Hall–Kier alpha value is -2.96. The highest BCUT2D eigenvalue weighted by atomic mass is 79.9. The van der Waals surface area contributed by atoms with Crippen molar-refractivity contribution >= 4 is 33.3 Å². The number of ether oxygens (including phenoxy) is 1. The van der Waals surface area contributed by atoms with Gasteiger partial charge in [0, 0.05) is 15.6 Å². The fourth-order valence-corrected chi connectivity index (χ4v) is 4.22. The first-order chi connectivity index (χ1) is 14.9. The van der Waals surface area contributed by atoms with E-state index in [9.17, 15) is 14.7 Å². The number of hydrogen-bond donors (Lipinski definition) is 1. The van der Waals surface area contributed by atoms with Gasteiger partial charge in [0.15, 0.2) is 11.4 Å². The van der Waals surface area contributed by atoms with E-state index < -0.39 is 11.5 Å². The third-order valence-electron chi connectivity index (χ3n) is 5.38. The van der Waals surface area contributed by atoms with E-state index in [0.29, 0.717) is 35.7 Å². The summed E-state index contributed by atoms with van der Waals surface area (Å²) in [5.41, 5.74) is 0.472. The first-order valence-corrected chi connectivity index (χ1v) is 10.9. The number of ketones is 1. The summed E-state index contributed by atoms with van der Waals surface area (Å²) in [5.74, 6) is -0.145. The summed E-state index contributed by atoms with van der Waals surface area (Å²) in [7, 11) is 0. The fourth-order valence-electron chi connectivity index (χ4n) is 3.85. The molecule has 1 aliphatic rings. The van der Waals surface area contributed by atoms with Crippen molar-refractivity contribution in [3.63, 3.8) is 0 Å². The molecule has 0 unspecified atom stereocenters. The summed E-state index contributed by atoms with van der Waals surface area (Å²) in [6.45, 7) is 2.73. The minimum atomic E-state index is -1.93. The lowest BCUT2D eigenvalue weighted by atomic mass is 9.88. The van der Waals surface area contributed by atoms with Gasteiger partial charge >= 0.3 is 0 Å². The highest BCUT2D eigenvalue weighted by Gasteiger charge is 2.51. The molecule has 1 atom stereocenters. The van der Waals surface area contributed by atoms with Crippen LogP contribution in [0.4, 0.5) is 5.69 Å². The van der Waals surface area contributed by atoms with Crippen molar-refractivity contribution in [1.29, 1.82) is 0 Å². The first-order valence-electron chi connectivity index (χ1n) is 10.1. The van der Waals surface area contributed by atoms with Gasteiger partial charge in [0.1, 0.15) is 5.75 Å². The molecule has 0 bridgehead atoms. The van der Waals surface area contributed by atoms with E-state index in [4.69, 9.17) is 4.74 Å². The van der Waals surface area contributed by atoms with Gasteiger partial charge in [-0.3, -0.25) is 9.59 Å². The van der Waals surface area contributed by atoms with Gasteiger partial charge in [-0.1, -0.05) is 46.3 Å². The van der Waals surface area contributed by atoms with Crippen LogP contribution in [0.2, 0.25) is 0 Å². The maximum absolute atomic E-state index is 13.4. The van der Waals surface area contributed by atoms with Crippen LogP contribution in [0.1, 0.15) is 34.8 Å². The van der Waals surface area contributed by atoms with Crippen LogP contribution < -0.4 is 9.64 Å². The monoisotopic (exact) mass is 479 g/mol. The summed E-state index contributed by atoms with van der Waals surface area (Å²) >= 11 is 3.42. The molecule has 6 heteroatoms. The maximum Gasteiger partial charge on any atom is 0.264 e. The Morgan fingerprint density at radius 3 is 2.45 bits per heavy atom. The predicted octanol–water partition coefficient (Wildman–Crippen LogP) is 4.86. The number of benzene rings is 3. The number of carbonyl (C=O) groups is 2. The van der Waals surface area contributed by atoms with E-state index >= 15 is 0 Å². The van der Waals surface area contributed by atoms with Crippen LogP contribution in [0.5, 0.6) is 5.75 Å². The molecule has 1 heterocycles. The number of carbonyl (C=O) groups excluding carboxylic acids is 2. The minimum Gasteiger partial charge on any atom is -0.494 e. The van der Waals surface area contributed by atoms with E-state index in [1.54, 1.807) is 41.3 Å². The zero-order chi connectivity index (χ0) is 22.0. The Kier molecular flexibility index (Phi) is 5.94. The van der Waals surface area contributed by atoms with Crippen LogP contribution in [-0.2, 0) is 16.9 Å². The Balaban J connectivity index is 1.65. The molecule has 1 N–H and O–H groups in total. The summed E-state index contributed by atoms with van der Waals surface area (Å²) in [6.07, 6.45) is -0.339. The van der Waals surface area contributed by atoms with Crippen molar-refractivity contribution in [3.8, 4) is 5.75 Å². The summed E-state index contributed by atoms with van der Waals surface area (Å²) in [4.78, 5) is 27.9. The molecular formula is C25H22BrNO4. The number of fused-ring (bicyclic) bond motifs is 1. The van der Waals surface area contributed by atoms with Crippen molar-refractivity contribution in [2.45, 2.75) is 25.5 Å². The Morgan fingerprint density at radius 2 is 1.77 bits per heavy atom. The van der Waals surface area contributed by atoms with E-state index in [1.165, 1.54) is 0 Å². The molecule has 158 valence electrons. The molecule has 5 nitrogen and oxygen atoms in total. The average molecular weight is 480 g/mol. The van der Waals surface area contributed by atoms with Gasteiger partial charge in [0.2, 0.25) is 0 Å². The van der Waals surface area contributed by atoms with Gasteiger partial charge in [-0.2, -0.15) is 0 Å². The van der Waals surface area contributed by atoms with Gasteiger partial charge < -0.3 is 14.7 Å². The molecule has 3 aromatic rings. The van der Waals surface area contributed by atoms with Crippen LogP contribution in [0.3, 0.4) is 0 Å². The molecular weight excluding hydrogens is 458 g/mol. The van der Waals surface area contributed by atoms with Gasteiger partial charge in [-0.05, 0) is 55.0 Å². The number of amides is 1. The van der Waals surface area contributed by atoms with Gasteiger partial charge in [-0.25, -0.2) is 0 Å². The second-order valence-corrected chi connectivity index (χ2v) is 8.37. The largest absolute Gasteiger partial charge is 0.494 e. The molecule has 1 aliphatic heterocycles. The lowest BCUT2D eigenvalue weighted by molar-refractivity contribution is -0.136. The molecule has 0 fully saturated rings. The molecule has 0 radical (unpaired) electrons. The van der Waals surface area contributed by atoms with Crippen molar-refractivity contribution in [3.05, 3.63) is 94.0 Å².